The molecule has 0 spiro atoms. The predicted octanol–water partition coefficient (Wildman–Crippen LogP) is 2.06. The molecule has 1 aromatic carbocycles. The third-order valence-electron chi connectivity index (χ3n) is 5.03. The second kappa shape index (κ2) is 7.06. The van der Waals surface area contributed by atoms with E-state index in [1.807, 2.05) is 6.20 Å². The molecule has 3 heterocycles. The molecule has 0 saturated carbocycles. The van der Waals surface area contributed by atoms with Crippen molar-refractivity contribution in [1.82, 2.24) is 24.6 Å². The molecule has 0 unspecified atom stereocenters. The summed E-state index contributed by atoms with van der Waals surface area (Å²) < 4.78 is 32.7. The summed E-state index contributed by atoms with van der Waals surface area (Å²) in [5, 5.41) is 11.9. The Balaban J connectivity index is 1.47. The Bertz CT molecular complexity index is 1040. The van der Waals surface area contributed by atoms with Crippen LogP contribution in [0.15, 0.2) is 33.8 Å². The lowest BCUT2D eigenvalue weighted by Crippen LogP contribution is -2.35. The minimum atomic E-state index is -3.58. The van der Waals surface area contributed by atoms with Gasteiger partial charge in [0.2, 0.25) is 10.0 Å². The highest BCUT2D eigenvalue weighted by Crippen LogP contribution is 2.24. The molecule has 0 amide bonds. The van der Waals surface area contributed by atoms with Gasteiger partial charge in [-0.3, -0.25) is 10.00 Å². The van der Waals surface area contributed by atoms with E-state index in [1.54, 1.807) is 18.2 Å². The van der Waals surface area contributed by atoms with E-state index in [1.165, 1.54) is 5.56 Å². The van der Waals surface area contributed by atoms with Crippen molar-refractivity contribution < 1.29 is 12.9 Å². The van der Waals surface area contributed by atoms with Crippen molar-refractivity contribution in [2.24, 2.45) is 0 Å². The van der Waals surface area contributed by atoms with Crippen molar-refractivity contribution in [3.05, 3.63) is 41.4 Å². The molecule has 0 bridgehead atoms. The number of nitrogens with zero attached hydrogens (tertiary/aromatic N) is 4. The Morgan fingerprint density at radius 1 is 1.19 bits per heavy atom. The van der Waals surface area contributed by atoms with Gasteiger partial charge in [0.1, 0.15) is 10.6 Å². The molecule has 9 heteroatoms. The number of nitrogens with one attached hydrogen (secondary N) is 1. The Morgan fingerprint density at radius 3 is 2.81 bits per heavy atom. The van der Waals surface area contributed by atoms with Crippen LogP contribution in [0.25, 0.3) is 10.9 Å². The van der Waals surface area contributed by atoms with Crippen LogP contribution in [0.2, 0.25) is 0 Å². The molecule has 1 fully saturated rings. The molecule has 0 radical (unpaired) electrons. The molecule has 8 nitrogen and oxygen atoms in total. The third-order valence-corrected chi connectivity index (χ3v) is 7.17. The lowest BCUT2D eigenvalue weighted by molar-refractivity contribution is 0.278. The normalized spacial score (nSPS) is 17.4. The first-order chi connectivity index (χ1) is 12.9. The third kappa shape index (κ3) is 3.50. The fourth-order valence-electron chi connectivity index (χ4n) is 3.66. The number of aryl methyl sites for hydroxylation is 2. The van der Waals surface area contributed by atoms with Crippen molar-refractivity contribution in [1.29, 1.82) is 0 Å². The van der Waals surface area contributed by atoms with Gasteiger partial charge in [-0.2, -0.15) is 9.40 Å². The zero-order valence-corrected chi connectivity index (χ0v) is 16.3. The van der Waals surface area contributed by atoms with Crippen LogP contribution in [0, 0.1) is 13.8 Å². The number of benzene rings is 1. The maximum atomic E-state index is 13.0. The van der Waals surface area contributed by atoms with Crippen LogP contribution in [0.4, 0.5) is 0 Å². The molecule has 27 heavy (non-hydrogen) atoms. The van der Waals surface area contributed by atoms with Crippen LogP contribution in [-0.2, 0) is 16.6 Å². The number of sulfonamides is 1. The van der Waals surface area contributed by atoms with Gasteiger partial charge in [-0.15, -0.1) is 0 Å². The monoisotopic (exact) mass is 389 g/mol. The molecule has 0 atom stereocenters. The van der Waals surface area contributed by atoms with Crippen molar-refractivity contribution in [2.45, 2.75) is 31.7 Å². The lowest BCUT2D eigenvalue weighted by Gasteiger charge is -2.21. The van der Waals surface area contributed by atoms with Gasteiger partial charge < -0.3 is 4.52 Å². The molecule has 1 saturated heterocycles. The van der Waals surface area contributed by atoms with E-state index in [-0.39, 0.29) is 4.90 Å². The zero-order chi connectivity index (χ0) is 19.0. The molecular formula is C18H23N5O3S. The van der Waals surface area contributed by atoms with Crippen LogP contribution < -0.4 is 0 Å². The van der Waals surface area contributed by atoms with Gasteiger partial charge in [0, 0.05) is 31.6 Å². The molecule has 3 aromatic rings. The topological polar surface area (TPSA) is 95.3 Å². The van der Waals surface area contributed by atoms with E-state index in [2.05, 4.69) is 38.5 Å². The van der Waals surface area contributed by atoms with Crippen LogP contribution in [0.5, 0.6) is 0 Å². The van der Waals surface area contributed by atoms with Gasteiger partial charge in [-0.05, 0) is 38.4 Å². The fourth-order valence-corrected chi connectivity index (χ4v) is 5.42. The summed E-state index contributed by atoms with van der Waals surface area (Å²) in [6.07, 6.45) is 2.59. The molecule has 144 valence electrons. The summed E-state index contributed by atoms with van der Waals surface area (Å²) in [5.41, 5.74) is 2.63. The molecule has 2 aromatic heterocycles. The summed E-state index contributed by atoms with van der Waals surface area (Å²) in [4.78, 5) is 2.50. The minimum absolute atomic E-state index is 0.209. The number of fused-ring (bicyclic) bond motifs is 1. The predicted molar refractivity (Wildman–Crippen MR) is 101 cm³/mol. The first kappa shape index (κ1) is 18.1. The van der Waals surface area contributed by atoms with Gasteiger partial charge in [0.15, 0.2) is 5.76 Å². The Labute approximate surface area is 158 Å². The number of H-pyrrole nitrogens is 1. The van der Waals surface area contributed by atoms with E-state index in [0.29, 0.717) is 31.1 Å². The Hall–Kier alpha value is -2.23. The van der Waals surface area contributed by atoms with Gasteiger partial charge >= 0.3 is 0 Å². The van der Waals surface area contributed by atoms with Gasteiger partial charge in [-0.1, -0.05) is 17.3 Å². The second-order valence-electron chi connectivity index (χ2n) is 6.98. The molecule has 1 aliphatic rings. The average molecular weight is 389 g/mol. The van der Waals surface area contributed by atoms with E-state index in [4.69, 9.17) is 4.52 Å². The largest absolute Gasteiger partial charge is 0.360 e. The number of aromatic nitrogens is 3. The molecule has 1 aliphatic heterocycles. The van der Waals surface area contributed by atoms with Crippen molar-refractivity contribution in [3.63, 3.8) is 0 Å². The average Bonchev–Trinajstić information content (AvgIpc) is 3.14. The van der Waals surface area contributed by atoms with Gasteiger partial charge in [0.05, 0.1) is 11.7 Å². The van der Waals surface area contributed by atoms with Crippen LogP contribution in [-0.4, -0.2) is 59.2 Å². The van der Waals surface area contributed by atoms with Gasteiger partial charge in [0.25, 0.3) is 0 Å². The molecule has 0 aliphatic carbocycles. The van der Waals surface area contributed by atoms with Gasteiger partial charge in [-0.25, -0.2) is 8.42 Å². The summed E-state index contributed by atoms with van der Waals surface area (Å²) in [5.74, 6) is 0.349. The Kier molecular flexibility index (Phi) is 4.75. The number of rotatable bonds is 4. The highest BCUT2D eigenvalue weighted by Gasteiger charge is 2.32. The van der Waals surface area contributed by atoms with E-state index < -0.39 is 10.0 Å². The maximum Gasteiger partial charge on any atom is 0.248 e. The van der Waals surface area contributed by atoms with Crippen LogP contribution in [0.1, 0.15) is 23.4 Å². The first-order valence-corrected chi connectivity index (χ1v) is 10.5. The molecule has 4 rings (SSSR count). The number of hydrogen-bond acceptors (Lipinski definition) is 6. The lowest BCUT2D eigenvalue weighted by atomic mass is 10.1. The summed E-state index contributed by atoms with van der Waals surface area (Å²) in [7, 11) is -3.58. The summed E-state index contributed by atoms with van der Waals surface area (Å²) in [6.45, 7) is 6.59. The van der Waals surface area contributed by atoms with Crippen molar-refractivity contribution in [3.8, 4) is 0 Å². The smallest absolute Gasteiger partial charge is 0.248 e. The highest BCUT2D eigenvalue weighted by atomic mass is 32.2. The van der Waals surface area contributed by atoms with Crippen LogP contribution in [0.3, 0.4) is 0 Å². The minimum Gasteiger partial charge on any atom is -0.360 e. The molecular weight excluding hydrogens is 366 g/mol. The highest BCUT2D eigenvalue weighted by molar-refractivity contribution is 7.89. The van der Waals surface area contributed by atoms with E-state index in [0.717, 1.165) is 30.4 Å². The molecule has 1 N–H and O–H groups in total. The summed E-state index contributed by atoms with van der Waals surface area (Å²) in [6, 6.07) is 6.26. The number of hydrogen-bond donors (Lipinski definition) is 1. The number of aromatic amines is 1. The standard InChI is InChI=1S/C18H23N5O3S/c1-13-18(14(2)26-21-13)27(24,25)23-7-3-6-22(8-9-23)12-15-4-5-16-11-19-20-17(16)10-15/h4-5,10-11H,3,6-9,12H2,1-2H3,(H,19,20). The fraction of sp³-hybridized carbons (Fsp3) is 0.444. The Morgan fingerprint density at radius 2 is 2.04 bits per heavy atom. The zero-order valence-electron chi connectivity index (χ0n) is 15.5. The first-order valence-electron chi connectivity index (χ1n) is 9.02. The quantitative estimate of drug-likeness (QED) is 0.734. The van der Waals surface area contributed by atoms with E-state index in [9.17, 15) is 8.42 Å². The van der Waals surface area contributed by atoms with Crippen molar-refractivity contribution in [2.75, 3.05) is 26.2 Å². The van der Waals surface area contributed by atoms with Crippen molar-refractivity contribution >= 4 is 20.9 Å². The maximum absolute atomic E-state index is 13.0. The second-order valence-corrected chi connectivity index (χ2v) is 8.85. The summed E-state index contributed by atoms with van der Waals surface area (Å²) >= 11 is 0. The van der Waals surface area contributed by atoms with Crippen LogP contribution >= 0.6 is 0 Å². The SMILES string of the molecule is Cc1noc(C)c1S(=O)(=O)N1CCCN(Cc2ccc3cn[nH]c3c2)CC1. The van der Waals surface area contributed by atoms with E-state index >= 15 is 0 Å².